The summed E-state index contributed by atoms with van der Waals surface area (Å²) in [6, 6.07) is 14.0. The van der Waals surface area contributed by atoms with Crippen LogP contribution in [0.25, 0.3) is 0 Å². The van der Waals surface area contributed by atoms with Crippen molar-refractivity contribution in [3.8, 4) is 11.5 Å². The van der Waals surface area contributed by atoms with E-state index in [0.29, 0.717) is 39.5 Å². The van der Waals surface area contributed by atoms with Crippen LogP contribution in [0.1, 0.15) is 31.1 Å². The third kappa shape index (κ3) is 4.73. The molecule has 0 aromatic heterocycles. The van der Waals surface area contributed by atoms with Gasteiger partial charge in [-0.1, -0.05) is 48.0 Å². The highest BCUT2D eigenvalue weighted by atomic mass is 79.9. The van der Waals surface area contributed by atoms with E-state index in [9.17, 15) is 4.79 Å². The summed E-state index contributed by atoms with van der Waals surface area (Å²) in [4.78, 5) is 14.7. The average Bonchev–Trinajstić information content (AvgIpc) is 2.77. The lowest BCUT2D eigenvalue weighted by molar-refractivity contribution is -0.0155. The summed E-state index contributed by atoms with van der Waals surface area (Å²) < 4.78 is 18.2. The van der Waals surface area contributed by atoms with Crippen LogP contribution in [0.4, 0.5) is 4.79 Å². The number of urea groups is 1. The number of nitrogens with zero attached hydrogens (tertiary/aromatic N) is 1. The van der Waals surface area contributed by atoms with E-state index in [0.717, 1.165) is 27.1 Å². The van der Waals surface area contributed by atoms with E-state index in [1.54, 1.807) is 0 Å². The number of halogens is 1. The van der Waals surface area contributed by atoms with Gasteiger partial charge in [-0.25, -0.2) is 4.79 Å². The summed E-state index contributed by atoms with van der Waals surface area (Å²) >= 11 is 3.50. The molecule has 0 saturated carbocycles. The first kappa shape index (κ1) is 21.0. The minimum Gasteiger partial charge on any atom is -0.486 e. The van der Waals surface area contributed by atoms with Gasteiger partial charge >= 0.3 is 6.03 Å². The van der Waals surface area contributed by atoms with Crippen LogP contribution < -0.4 is 14.8 Å². The molecule has 1 fully saturated rings. The molecule has 2 heterocycles. The monoisotopic (exact) mass is 474 g/mol. The molecule has 1 unspecified atom stereocenters. The Morgan fingerprint density at radius 1 is 1.13 bits per heavy atom. The zero-order valence-electron chi connectivity index (χ0n) is 17.3. The highest BCUT2D eigenvalue weighted by Gasteiger charge is 2.28. The van der Waals surface area contributed by atoms with Gasteiger partial charge in [-0.3, -0.25) is 0 Å². The predicted molar refractivity (Wildman–Crippen MR) is 118 cm³/mol. The summed E-state index contributed by atoms with van der Waals surface area (Å²) in [5.41, 5.74) is 1.92. The van der Waals surface area contributed by atoms with E-state index in [4.69, 9.17) is 14.2 Å². The van der Waals surface area contributed by atoms with Gasteiger partial charge in [0.15, 0.2) is 11.5 Å². The Balaban J connectivity index is 1.37. The van der Waals surface area contributed by atoms with Crippen LogP contribution in [-0.2, 0) is 10.2 Å². The molecule has 30 heavy (non-hydrogen) atoms. The van der Waals surface area contributed by atoms with Crippen molar-refractivity contribution < 1.29 is 19.0 Å². The lowest BCUT2D eigenvalue weighted by atomic mass is 9.84. The van der Waals surface area contributed by atoms with Crippen molar-refractivity contribution in [2.24, 2.45) is 0 Å². The van der Waals surface area contributed by atoms with E-state index in [1.807, 2.05) is 47.4 Å². The molecule has 6 nitrogen and oxygen atoms in total. The third-order valence-corrected chi connectivity index (χ3v) is 6.07. The molecule has 2 aliphatic heterocycles. The van der Waals surface area contributed by atoms with Gasteiger partial charge in [0.25, 0.3) is 0 Å². The molecule has 2 amide bonds. The van der Waals surface area contributed by atoms with Crippen molar-refractivity contribution in [1.29, 1.82) is 0 Å². The SMILES string of the molecule is CC(C)(CNC(=O)N1CCOC(c2cccc(Br)c2)C1)c1ccc2c(c1)OCCO2. The van der Waals surface area contributed by atoms with Crippen molar-refractivity contribution in [2.45, 2.75) is 25.4 Å². The number of amides is 2. The molecule has 7 heteroatoms. The van der Waals surface area contributed by atoms with Crippen LogP contribution in [-0.4, -0.2) is 50.4 Å². The second-order valence-corrected chi connectivity index (χ2v) is 9.18. The minimum atomic E-state index is -0.249. The van der Waals surface area contributed by atoms with E-state index >= 15 is 0 Å². The molecular weight excluding hydrogens is 448 g/mol. The molecule has 1 N–H and O–H groups in total. The number of rotatable bonds is 4. The molecule has 2 aliphatic rings. The maximum Gasteiger partial charge on any atom is 0.317 e. The molecular formula is C23H27BrN2O4. The summed E-state index contributed by atoms with van der Waals surface area (Å²) in [5.74, 6) is 1.54. The molecule has 1 atom stereocenters. The summed E-state index contributed by atoms with van der Waals surface area (Å²) in [6.07, 6.45) is -0.118. The lowest BCUT2D eigenvalue weighted by Gasteiger charge is -2.34. The third-order valence-electron chi connectivity index (χ3n) is 5.58. The second-order valence-electron chi connectivity index (χ2n) is 8.26. The Hall–Kier alpha value is -2.25. The summed E-state index contributed by atoms with van der Waals surface area (Å²) in [7, 11) is 0. The van der Waals surface area contributed by atoms with E-state index < -0.39 is 0 Å². The number of carbonyl (C=O) groups excluding carboxylic acids is 1. The minimum absolute atomic E-state index is 0.0658. The number of hydrogen-bond acceptors (Lipinski definition) is 4. The maximum atomic E-state index is 12.9. The highest BCUT2D eigenvalue weighted by molar-refractivity contribution is 9.10. The van der Waals surface area contributed by atoms with Crippen LogP contribution in [0.5, 0.6) is 11.5 Å². The first-order chi connectivity index (χ1) is 14.4. The van der Waals surface area contributed by atoms with Gasteiger partial charge in [-0.2, -0.15) is 0 Å². The maximum absolute atomic E-state index is 12.9. The quantitative estimate of drug-likeness (QED) is 0.718. The van der Waals surface area contributed by atoms with Gasteiger partial charge in [-0.05, 0) is 35.4 Å². The average molecular weight is 475 g/mol. The smallest absolute Gasteiger partial charge is 0.317 e. The van der Waals surface area contributed by atoms with Crippen LogP contribution in [0, 0.1) is 0 Å². The number of fused-ring (bicyclic) bond motifs is 1. The Morgan fingerprint density at radius 3 is 2.73 bits per heavy atom. The van der Waals surface area contributed by atoms with Gasteiger partial charge in [-0.15, -0.1) is 0 Å². The van der Waals surface area contributed by atoms with E-state index in [-0.39, 0.29) is 17.6 Å². The zero-order chi connectivity index (χ0) is 21.1. The van der Waals surface area contributed by atoms with Crippen molar-refractivity contribution in [2.75, 3.05) is 39.5 Å². The standard InChI is InChI=1S/C23H27BrN2O4/c1-23(2,17-6-7-19-20(13-17)30-11-10-29-19)15-25-22(27)26-8-9-28-21(14-26)16-4-3-5-18(24)12-16/h3-7,12-13,21H,8-11,14-15H2,1-2H3,(H,25,27). The number of nitrogens with one attached hydrogen (secondary N) is 1. The van der Waals surface area contributed by atoms with Gasteiger partial charge in [0.2, 0.25) is 0 Å². The molecule has 0 radical (unpaired) electrons. The molecule has 2 aromatic carbocycles. The number of morpholine rings is 1. The summed E-state index contributed by atoms with van der Waals surface area (Å²) in [6.45, 7) is 7.52. The van der Waals surface area contributed by atoms with Gasteiger partial charge in [0, 0.05) is 23.0 Å². The number of hydrogen-bond donors (Lipinski definition) is 1. The number of benzene rings is 2. The largest absolute Gasteiger partial charge is 0.486 e. The molecule has 1 saturated heterocycles. The van der Waals surface area contributed by atoms with Crippen molar-refractivity contribution in [1.82, 2.24) is 10.2 Å². The Morgan fingerprint density at radius 2 is 1.93 bits per heavy atom. The highest BCUT2D eigenvalue weighted by Crippen LogP contribution is 2.35. The predicted octanol–water partition coefficient (Wildman–Crippen LogP) is 4.28. The van der Waals surface area contributed by atoms with Crippen LogP contribution in [0.2, 0.25) is 0 Å². The van der Waals surface area contributed by atoms with E-state index in [2.05, 4.69) is 35.1 Å². The number of carbonyl (C=O) groups is 1. The van der Waals surface area contributed by atoms with Crippen molar-refractivity contribution in [3.63, 3.8) is 0 Å². The Labute approximate surface area is 185 Å². The molecule has 0 bridgehead atoms. The van der Waals surface area contributed by atoms with Crippen molar-refractivity contribution in [3.05, 3.63) is 58.1 Å². The Bertz CT molecular complexity index is 918. The normalized spacial score (nSPS) is 18.8. The van der Waals surface area contributed by atoms with Crippen molar-refractivity contribution >= 4 is 22.0 Å². The number of ether oxygens (including phenoxy) is 3. The van der Waals surface area contributed by atoms with Gasteiger partial charge in [0.05, 0.1) is 13.2 Å². The molecule has 0 spiro atoms. The van der Waals surface area contributed by atoms with Crippen LogP contribution in [0.15, 0.2) is 46.9 Å². The second kappa shape index (κ2) is 8.86. The van der Waals surface area contributed by atoms with Crippen LogP contribution in [0.3, 0.4) is 0 Å². The zero-order valence-corrected chi connectivity index (χ0v) is 18.9. The fourth-order valence-corrected chi connectivity index (χ4v) is 4.13. The lowest BCUT2D eigenvalue weighted by Crippen LogP contribution is -2.49. The van der Waals surface area contributed by atoms with Crippen LogP contribution >= 0.6 is 15.9 Å². The molecule has 2 aromatic rings. The Kier molecular flexibility index (Phi) is 6.20. The van der Waals surface area contributed by atoms with Gasteiger partial charge in [0.1, 0.15) is 19.3 Å². The molecule has 0 aliphatic carbocycles. The van der Waals surface area contributed by atoms with Gasteiger partial charge < -0.3 is 24.4 Å². The first-order valence-corrected chi connectivity index (χ1v) is 11.0. The fraction of sp³-hybridized carbons (Fsp3) is 0.435. The molecule has 4 rings (SSSR count). The van der Waals surface area contributed by atoms with E-state index in [1.165, 1.54) is 0 Å². The topological polar surface area (TPSA) is 60.0 Å². The fourth-order valence-electron chi connectivity index (χ4n) is 3.72. The molecule has 160 valence electrons. The summed E-state index contributed by atoms with van der Waals surface area (Å²) in [5, 5.41) is 3.10. The first-order valence-electron chi connectivity index (χ1n) is 10.2.